The van der Waals surface area contributed by atoms with Gasteiger partial charge in [-0.3, -0.25) is 0 Å². The van der Waals surface area contributed by atoms with Gasteiger partial charge in [0.2, 0.25) is 10.0 Å². The van der Waals surface area contributed by atoms with Crippen LogP contribution in [0.1, 0.15) is 29.0 Å². The van der Waals surface area contributed by atoms with Gasteiger partial charge in [0.05, 0.1) is 40.3 Å². The fraction of sp³-hybridized carbons (Fsp3) is 0.316. The quantitative estimate of drug-likeness (QED) is 0.694. The first-order valence-corrected chi connectivity index (χ1v) is 10.1. The molecule has 0 saturated heterocycles. The smallest absolute Gasteiger partial charge is 0.390 e. The summed E-state index contributed by atoms with van der Waals surface area (Å²) in [4.78, 5) is -0.142. The first-order valence-electron chi connectivity index (χ1n) is 8.59. The Morgan fingerprint density at radius 2 is 1.62 bits per heavy atom. The SMILES string of the molecule is N#Cc1ccc(S(=O)(=O)N[C@H]2[C@H](O)[C@H](O)C[C@@H]2c2ccc(C(F)(F)F)cc2)cc1. The largest absolute Gasteiger partial charge is 0.416 e. The third-order valence-electron chi connectivity index (χ3n) is 4.94. The lowest BCUT2D eigenvalue weighted by molar-refractivity contribution is -0.137. The number of alkyl halides is 3. The Balaban J connectivity index is 1.88. The molecular weight excluding hydrogens is 409 g/mol. The predicted molar refractivity (Wildman–Crippen MR) is 96.1 cm³/mol. The van der Waals surface area contributed by atoms with Gasteiger partial charge in [-0.25, -0.2) is 13.1 Å². The van der Waals surface area contributed by atoms with Gasteiger partial charge in [0.25, 0.3) is 0 Å². The van der Waals surface area contributed by atoms with E-state index in [1.54, 1.807) is 0 Å². The van der Waals surface area contributed by atoms with Crippen LogP contribution in [-0.4, -0.2) is 36.9 Å². The molecule has 0 unspecified atom stereocenters. The standard InChI is InChI=1S/C19H17F3N2O4S/c20-19(21,22)13-5-3-12(4-6-13)15-9-16(25)18(26)17(15)24-29(27,28)14-7-1-11(10-23)2-8-14/h1-8,15-18,24-26H,9H2/t15-,16-,17-,18-/m1/s1. The first kappa shape index (κ1) is 21.3. The maximum Gasteiger partial charge on any atom is 0.416 e. The number of nitrogens with zero attached hydrogens (tertiary/aromatic N) is 1. The molecule has 0 aliphatic heterocycles. The highest BCUT2D eigenvalue weighted by Crippen LogP contribution is 2.37. The summed E-state index contributed by atoms with van der Waals surface area (Å²) >= 11 is 0. The Bertz CT molecular complexity index is 1020. The molecule has 0 heterocycles. The Morgan fingerprint density at radius 3 is 2.14 bits per heavy atom. The second kappa shape index (κ2) is 7.76. The number of nitrogens with one attached hydrogen (secondary N) is 1. The molecule has 3 N–H and O–H groups in total. The zero-order valence-electron chi connectivity index (χ0n) is 14.8. The predicted octanol–water partition coefficient (Wildman–Crippen LogP) is 2.13. The second-order valence-electron chi connectivity index (χ2n) is 6.80. The molecule has 3 rings (SSSR count). The van der Waals surface area contributed by atoms with E-state index in [0.717, 1.165) is 12.1 Å². The molecule has 1 fully saturated rings. The van der Waals surface area contributed by atoms with Crippen LogP contribution in [0.5, 0.6) is 0 Å². The molecule has 0 spiro atoms. The summed E-state index contributed by atoms with van der Waals surface area (Å²) in [5.74, 6) is -0.726. The Morgan fingerprint density at radius 1 is 1.03 bits per heavy atom. The molecule has 2 aromatic carbocycles. The minimum atomic E-state index is -4.51. The summed E-state index contributed by atoms with van der Waals surface area (Å²) in [6, 6.07) is 10.00. The van der Waals surface area contributed by atoms with E-state index < -0.39 is 45.9 Å². The molecule has 29 heavy (non-hydrogen) atoms. The van der Waals surface area contributed by atoms with Crippen LogP contribution in [0, 0.1) is 11.3 Å². The molecule has 154 valence electrons. The maximum atomic E-state index is 12.8. The van der Waals surface area contributed by atoms with Crippen LogP contribution in [0.2, 0.25) is 0 Å². The second-order valence-corrected chi connectivity index (χ2v) is 8.52. The highest BCUT2D eigenvalue weighted by Gasteiger charge is 2.44. The van der Waals surface area contributed by atoms with Crippen LogP contribution in [0.25, 0.3) is 0 Å². The summed E-state index contributed by atoms with van der Waals surface area (Å²) in [5, 5.41) is 29.1. The number of hydrogen-bond acceptors (Lipinski definition) is 5. The van der Waals surface area contributed by atoms with Crippen molar-refractivity contribution in [3.8, 4) is 6.07 Å². The summed E-state index contributed by atoms with van der Waals surface area (Å²) in [7, 11) is -4.11. The van der Waals surface area contributed by atoms with Gasteiger partial charge in [0.15, 0.2) is 0 Å². The van der Waals surface area contributed by atoms with Crippen molar-refractivity contribution in [1.82, 2.24) is 4.72 Å². The van der Waals surface area contributed by atoms with E-state index in [0.29, 0.717) is 5.56 Å². The van der Waals surface area contributed by atoms with Crippen molar-refractivity contribution >= 4 is 10.0 Å². The number of aliphatic hydroxyl groups is 2. The van der Waals surface area contributed by atoms with E-state index in [4.69, 9.17) is 5.26 Å². The number of sulfonamides is 1. The monoisotopic (exact) mass is 426 g/mol. The van der Waals surface area contributed by atoms with Gasteiger partial charge in [-0.1, -0.05) is 12.1 Å². The average molecular weight is 426 g/mol. The molecule has 1 aliphatic rings. The lowest BCUT2D eigenvalue weighted by Crippen LogP contribution is -2.45. The molecule has 2 aromatic rings. The van der Waals surface area contributed by atoms with E-state index >= 15 is 0 Å². The van der Waals surface area contributed by atoms with Gasteiger partial charge >= 0.3 is 6.18 Å². The van der Waals surface area contributed by atoms with Gasteiger partial charge < -0.3 is 10.2 Å². The van der Waals surface area contributed by atoms with E-state index in [1.165, 1.54) is 36.4 Å². The van der Waals surface area contributed by atoms with Crippen LogP contribution in [0.15, 0.2) is 53.4 Å². The lowest BCUT2D eigenvalue weighted by Gasteiger charge is -2.24. The van der Waals surface area contributed by atoms with E-state index in [2.05, 4.69) is 4.72 Å². The summed E-state index contributed by atoms with van der Waals surface area (Å²) < 4.78 is 66.0. The molecule has 0 bridgehead atoms. The zero-order valence-corrected chi connectivity index (χ0v) is 15.7. The highest BCUT2D eigenvalue weighted by atomic mass is 32.2. The summed E-state index contributed by atoms with van der Waals surface area (Å²) in [6.45, 7) is 0. The number of aliphatic hydroxyl groups excluding tert-OH is 2. The van der Waals surface area contributed by atoms with Crippen LogP contribution in [0.3, 0.4) is 0 Å². The third kappa shape index (κ3) is 4.43. The number of rotatable bonds is 4. The van der Waals surface area contributed by atoms with Crippen molar-refractivity contribution in [2.24, 2.45) is 0 Å². The van der Waals surface area contributed by atoms with Gasteiger partial charge in [-0.05, 0) is 48.4 Å². The molecule has 0 aromatic heterocycles. The van der Waals surface area contributed by atoms with Crippen molar-refractivity contribution in [3.63, 3.8) is 0 Å². The van der Waals surface area contributed by atoms with Crippen molar-refractivity contribution in [2.45, 2.75) is 41.7 Å². The van der Waals surface area contributed by atoms with Crippen molar-refractivity contribution < 1.29 is 31.8 Å². The molecule has 1 aliphatic carbocycles. The van der Waals surface area contributed by atoms with Gasteiger partial charge in [-0.2, -0.15) is 18.4 Å². The fourth-order valence-electron chi connectivity index (χ4n) is 3.39. The first-order chi connectivity index (χ1) is 13.5. The topological polar surface area (TPSA) is 110 Å². The summed E-state index contributed by atoms with van der Waals surface area (Å²) in [6.07, 6.45) is -7.21. The van der Waals surface area contributed by atoms with Crippen LogP contribution in [-0.2, 0) is 16.2 Å². The number of nitriles is 1. The molecule has 6 nitrogen and oxygen atoms in total. The van der Waals surface area contributed by atoms with Crippen molar-refractivity contribution in [2.75, 3.05) is 0 Å². The zero-order chi connectivity index (χ0) is 21.4. The molecule has 1 saturated carbocycles. The van der Waals surface area contributed by atoms with Crippen LogP contribution >= 0.6 is 0 Å². The number of benzene rings is 2. The molecule has 4 atom stereocenters. The number of hydrogen-bond donors (Lipinski definition) is 3. The summed E-state index contributed by atoms with van der Waals surface area (Å²) in [5.41, 5.74) is -0.223. The highest BCUT2D eigenvalue weighted by molar-refractivity contribution is 7.89. The average Bonchev–Trinajstić information content (AvgIpc) is 2.95. The maximum absolute atomic E-state index is 12.8. The van der Waals surface area contributed by atoms with Crippen LogP contribution < -0.4 is 4.72 Å². The fourth-order valence-corrected chi connectivity index (χ4v) is 4.69. The van der Waals surface area contributed by atoms with E-state index in [9.17, 15) is 31.8 Å². The molecule has 0 amide bonds. The normalized spacial score (nSPS) is 25.0. The van der Waals surface area contributed by atoms with Gasteiger partial charge in [-0.15, -0.1) is 0 Å². The Hall–Kier alpha value is -2.45. The third-order valence-corrected chi connectivity index (χ3v) is 6.42. The van der Waals surface area contributed by atoms with Crippen LogP contribution in [0.4, 0.5) is 13.2 Å². The minimum Gasteiger partial charge on any atom is -0.390 e. The van der Waals surface area contributed by atoms with Crippen molar-refractivity contribution in [1.29, 1.82) is 5.26 Å². The molecule has 10 heteroatoms. The van der Waals surface area contributed by atoms with Crippen molar-refractivity contribution in [3.05, 3.63) is 65.2 Å². The van der Waals surface area contributed by atoms with Gasteiger partial charge in [0, 0.05) is 5.92 Å². The van der Waals surface area contributed by atoms with E-state index in [-0.39, 0.29) is 16.9 Å². The van der Waals surface area contributed by atoms with E-state index in [1.807, 2.05) is 6.07 Å². The lowest BCUT2D eigenvalue weighted by atomic mass is 9.93. The molecular formula is C19H17F3N2O4S. The minimum absolute atomic E-state index is 0.0207. The molecule has 0 radical (unpaired) electrons. The number of halogens is 3. The Kier molecular flexibility index (Phi) is 5.69. The Labute approximate surface area is 165 Å². The van der Waals surface area contributed by atoms with Gasteiger partial charge in [0.1, 0.15) is 0 Å².